The Kier molecular flexibility index (Phi) is 4.04. The molecule has 20 heavy (non-hydrogen) atoms. The molecule has 2 aromatic heterocycles. The Morgan fingerprint density at radius 3 is 2.70 bits per heavy atom. The summed E-state index contributed by atoms with van der Waals surface area (Å²) in [6.45, 7) is 4.20. The summed E-state index contributed by atoms with van der Waals surface area (Å²) < 4.78 is 0. The second-order valence-electron chi connectivity index (χ2n) is 4.00. The first-order valence-corrected chi connectivity index (χ1v) is 6.05. The maximum atomic E-state index is 11.2. The van der Waals surface area contributed by atoms with Crippen LogP contribution in [0.2, 0.25) is 0 Å². The highest BCUT2D eigenvalue weighted by Crippen LogP contribution is 2.30. The molecule has 2 rings (SSSR count). The zero-order valence-electron chi connectivity index (χ0n) is 11.1. The first-order chi connectivity index (χ1) is 9.61. The van der Waals surface area contributed by atoms with Crippen LogP contribution in [0.4, 0.5) is 23.1 Å². The molecular weight excluding hydrogens is 260 g/mol. The van der Waals surface area contributed by atoms with Crippen LogP contribution in [-0.4, -0.2) is 26.4 Å². The predicted molar refractivity (Wildman–Crippen MR) is 75.1 cm³/mol. The van der Waals surface area contributed by atoms with Crippen LogP contribution in [0, 0.1) is 17.0 Å². The minimum atomic E-state index is -0.518. The predicted octanol–water partition coefficient (Wildman–Crippen LogP) is 2.26. The SMILES string of the molecule is CCNc1ncnc(Nc2cccc(C)n2)c1[N+](=O)[O-]. The van der Waals surface area contributed by atoms with Crippen LogP contribution in [0.5, 0.6) is 0 Å². The molecule has 0 aliphatic carbocycles. The van der Waals surface area contributed by atoms with E-state index in [2.05, 4.69) is 25.6 Å². The highest BCUT2D eigenvalue weighted by molar-refractivity contribution is 5.72. The molecule has 0 saturated carbocycles. The third kappa shape index (κ3) is 2.97. The van der Waals surface area contributed by atoms with Gasteiger partial charge in [-0.25, -0.2) is 15.0 Å². The van der Waals surface area contributed by atoms with Gasteiger partial charge in [-0.05, 0) is 26.0 Å². The first kappa shape index (κ1) is 13.7. The van der Waals surface area contributed by atoms with Gasteiger partial charge >= 0.3 is 5.69 Å². The minimum absolute atomic E-state index is 0.110. The van der Waals surface area contributed by atoms with Gasteiger partial charge in [0.1, 0.15) is 12.1 Å². The largest absolute Gasteiger partial charge is 0.364 e. The lowest BCUT2D eigenvalue weighted by Gasteiger charge is -2.08. The molecule has 0 atom stereocenters. The van der Waals surface area contributed by atoms with Gasteiger partial charge in [-0.3, -0.25) is 10.1 Å². The van der Waals surface area contributed by atoms with Gasteiger partial charge in [-0.1, -0.05) is 6.07 Å². The molecule has 0 saturated heterocycles. The summed E-state index contributed by atoms with van der Waals surface area (Å²) in [6, 6.07) is 5.36. The molecule has 0 unspecified atom stereocenters. The van der Waals surface area contributed by atoms with Gasteiger partial charge in [0.2, 0.25) is 11.6 Å². The van der Waals surface area contributed by atoms with Crippen LogP contribution >= 0.6 is 0 Å². The average Bonchev–Trinajstić information content (AvgIpc) is 2.39. The number of nitrogens with one attached hydrogen (secondary N) is 2. The van der Waals surface area contributed by atoms with Crippen molar-refractivity contribution in [2.75, 3.05) is 17.2 Å². The van der Waals surface area contributed by atoms with Crippen LogP contribution in [0.3, 0.4) is 0 Å². The summed E-state index contributed by atoms with van der Waals surface area (Å²) in [5, 5.41) is 16.9. The molecule has 2 N–H and O–H groups in total. The molecule has 0 radical (unpaired) electrons. The van der Waals surface area contributed by atoms with E-state index in [1.165, 1.54) is 6.33 Å². The molecule has 0 amide bonds. The van der Waals surface area contributed by atoms with Crippen molar-refractivity contribution in [2.45, 2.75) is 13.8 Å². The van der Waals surface area contributed by atoms with Crippen molar-refractivity contribution in [1.29, 1.82) is 0 Å². The van der Waals surface area contributed by atoms with Crippen LogP contribution < -0.4 is 10.6 Å². The number of hydrogen-bond donors (Lipinski definition) is 2. The molecular formula is C12H14N6O2. The second kappa shape index (κ2) is 5.91. The highest BCUT2D eigenvalue weighted by Gasteiger charge is 2.22. The number of nitrogens with zero attached hydrogens (tertiary/aromatic N) is 4. The Balaban J connectivity index is 2.40. The van der Waals surface area contributed by atoms with Gasteiger partial charge in [0.15, 0.2) is 0 Å². The van der Waals surface area contributed by atoms with Gasteiger partial charge in [-0.2, -0.15) is 0 Å². The molecule has 0 aliphatic rings. The fraction of sp³-hybridized carbons (Fsp3) is 0.250. The van der Waals surface area contributed by atoms with Crippen LogP contribution in [0.25, 0.3) is 0 Å². The molecule has 2 heterocycles. The molecule has 0 spiro atoms. The van der Waals surface area contributed by atoms with E-state index in [1.54, 1.807) is 6.07 Å². The van der Waals surface area contributed by atoms with Crippen molar-refractivity contribution < 1.29 is 4.92 Å². The number of aromatic nitrogens is 3. The first-order valence-electron chi connectivity index (χ1n) is 6.05. The number of pyridine rings is 1. The normalized spacial score (nSPS) is 10.1. The van der Waals surface area contributed by atoms with E-state index in [0.717, 1.165) is 5.69 Å². The monoisotopic (exact) mass is 274 g/mol. The lowest BCUT2D eigenvalue weighted by atomic mass is 10.3. The van der Waals surface area contributed by atoms with E-state index >= 15 is 0 Å². The fourth-order valence-electron chi connectivity index (χ4n) is 1.67. The average molecular weight is 274 g/mol. The Hall–Kier alpha value is -2.77. The van der Waals surface area contributed by atoms with Crippen molar-refractivity contribution >= 4 is 23.1 Å². The van der Waals surface area contributed by atoms with Gasteiger partial charge in [-0.15, -0.1) is 0 Å². The second-order valence-corrected chi connectivity index (χ2v) is 4.00. The summed E-state index contributed by atoms with van der Waals surface area (Å²) in [5.74, 6) is 0.788. The standard InChI is InChI=1S/C12H14N6O2/c1-3-13-11-10(18(19)20)12(15-7-14-11)17-9-6-4-5-8(2)16-9/h4-7H,3H2,1-2H3,(H2,13,14,15,16,17). The molecule has 0 aliphatic heterocycles. The van der Waals surface area contributed by atoms with Crippen molar-refractivity contribution in [3.8, 4) is 0 Å². The number of anilines is 3. The van der Waals surface area contributed by atoms with Gasteiger partial charge < -0.3 is 10.6 Å². The summed E-state index contributed by atoms with van der Waals surface area (Å²) in [4.78, 5) is 22.7. The van der Waals surface area contributed by atoms with E-state index in [9.17, 15) is 10.1 Å². The quantitative estimate of drug-likeness (QED) is 0.636. The molecule has 8 heteroatoms. The molecule has 2 aromatic rings. The van der Waals surface area contributed by atoms with E-state index < -0.39 is 4.92 Å². The van der Waals surface area contributed by atoms with Crippen molar-refractivity contribution in [3.05, 3.63) is 40.3 Å². The summed E-state index contributed by atoms with van der Waals surface area (Å²) in [7, 11) is 0. The van der Waals surface area contributed by atoms with Crippen LogP contribution in [0.1, 0.15) is 12.6 Å². The summed E-state index contributed by atoms with van der Waals surface area (Å²) in [5.41, 5.74) is 0.608. The summed E-state index contributed by atoms with van der Waals surface area (Å²) in [6.07, 6.45) is 1.27. The zero-order valence-corrected chi connectivity index (χ0v) is 11.1. The third-order valence-electron chi connectivity index (χ3n) is 2.48. The maximum absolute atomic E-state index is 11.2. The number of nitro groups is 1. The molecule has 0 aromatic carbocycles. The summed E-state index contributed by atoms with van der Waals surface area (Å²) >= 11 is 0. The Bertz CT molecular complexity index is 631. The molecule has 104 valence electrons. The van der Waals surface area contributed by atoms with Crippen molar-refractivity contribution in [3.63, 3.8) is 0 Å². The van der Waals surface area contributed by atoms with Gasteiger partial charge in [0.05, 0.1) is 4.92 Å². The van der Waals surface area contributed by atoms with Gasteiger partial charge in [0.25, 0.3) is 0 Å². The molecule has 8 nitrogen and oxygen atoms in total. The van der Waals surface area contributed by atoms with Gasteiger partial charge in [0, 0.05) is 12.2 Å². The number of rotatable bonds is 5. The Morgan fingerprint density at radius 2 is 2.05 bits per heavy atom. The highest BCUT2D eigenvalue weighted by atomic mass is 16.6. The maximum Gasteiger partial charge on any atom is 0.353 e. The third-order valence-corrected chi connectivity index (χ3v) is 2.48. The minimum Gasteiger partial charge on any atom is -0.364 e. The van der Waals surface area contributed by atoms with E-state index in [-0.39, 0.29) is 17.3 Å². The number of aryl methyl sites for hydroxylation is 1. The van der Waals surface area contributed by atoms with Crippen molar-refractivity contribution in [2.24, 2.45) is 0 Å². The van der Waals surface area contributed by atoms with E-state index in [0.29, 0.717) is 12.4 Å². The Morgan fingerprint density at radius 1 is 1.30 bits per heavy atom. The van der Waals surface area contributed by atoms with Crippen molar-refractivity contribution in [1.82, 2.24) is 15.0 Å². The number of hydrogen-bond acceptors (Lipinski definition) is 7. The fourth-order valence-corrected chi connectivity index (χ4v) is 1.67. The van der Waals surface area contributed by atoms with Crippen LogP contribution in [0.15, 0.2) is 24.5 Å². The lowest BCUT2D eigenvalue weighted by molar-refractivity contribution is -0.383. The Labute approximate surface area is 115 Å². The van der Waals surface area contributed by atoms with E-state index in [1.807, 2.05) is 26.0 Å². The molecule has 0 bridgehead atoms. The lowest BCUT2D eigenvalue weighted by Crippen LogP contribution is -2.08. The van der Waals surface area contributed by atoms with Crippen LogP contribution in [-0.2, 0) is 0 Å². The zero-order chi connectivity index (χ0) is 14.5. The smallest absolute Gasteiger partial charge is 0.353 e. The van der Waals surface area contributed by atoms with E-state index in [4.69, 9.17) is 0 Å². The molecule has 0 fully saturated rings. The topological polar surface area (TPSA) is 106 Å².